The lowest BCUT2D eigenvalue weighted by Gasteiger charge is -2.35. The summed E-state index contributed by atoms with van der Waals surface area (Å²) in [7, 11) is 0. The quantitative estimate of drug-likeness (QED) is 0.592. The number of nitrogens with zero attached hydrogens (tertiary/aromatic N) is 4. The molecule has 0 unspecified atom stereocenters. The fourth-order valence-electron chi connectivity index (χ4n) is 3.27. The molecule has 3 aromatic rings. The second kappa shape index (κ2) is 9.32. The van der Waals surface area contributed by atoms with E-state index in [1.807, 2.05) is 53.4 Å². The van der Waals surface area contributed by atoms with Crippen LogP contribution in [-0.2, 0) is 4.79 Å². The van der Waals surface area contributed by atoms with Crippen molar-refractivity contribution >= 4 is 34.9 Å². The van der Waals surface area contributed by atoms with E-state index < -0.39 is 0 Å². The minimum absolute atomic E-state index is 0.0164. The second-order valence-electron chi connectivity index (χ2n) is 6.87. The monoisotopic (exact) mass is 442 g/mol. The molecule has 0 spiro atoms. The smallest absolute Gasteiger partial charge is 0.260 e. The van der Waals surface area contributed by atoms with Crippen molar-refractivity contribution in [1.29, 1.82) is 0 Å². The van der Waals surface area contributed by atoms with E-state index >= 15 is 0 Å². The van der Waals surface area contributed by atoms with Gasteiger partial charge in [0.1, 0.15) is 5.75 Å². The van der Waals surface area contributed by atoms with Gasteiger partial charge in [-0.2, -0.15) is 0 Å². The summed E-state index contributed by atoms with van der Waals surface area (Å²) in [6, 6.07) is 18.4. The van der Waals surface area contributed by atoms with Gasteiger partial charge in [-0.3, -0.25) is 4.79 Å². The Labute approximate surface area is 185 Å². The van der Waals surface area contributed by atoms with Crippen LogP contribution in [0.3, 0.4) is 0 Å². The Balaban J connectivity index is 1.32. The minimum Gasteiger partial charge on any atom is -0.484 e. The number of piperazine rings is 1. The van der Waals surface area contributed by atoms with Crippen LogP contribution < -0.4 is 9.64 Å². The van der Waals surface area contributed by atoms with Crippen molar-refractivity contribution in [2.24, 2.45) is 0 Å². The number of aromatic nitrogens is 2. The fourth-order valence-corrected chi connectivity index (χ4v) is 3.78. The number of anilines is 1. The van der Waals surface area contributed by atoms with Crippen LogP contribution in [0.2, 0.25) is 10.0 Å². The lowest BCUT2D eigenvalue weighted by molar-refractivity contribution is -0.133. The van der Waals surface area contributed by atoms with Gasteiger partial charge < -0.3 is 14.5 Å². The number of carbonyl (C=O) groups is 1. The highest BCUT2D eigenvalue weighted by Gasteiger charge is 2.22. The first-order valence-corrected chi connectivity index (χ1v) is 10.4. The minimum atomic E-state index is -0.0164. The van der Waals surface area contributed by atoms with E-state index in [-0.39, 0.29) is 12.5 Å². The molecule has 0 bridgehead atoms. The molecule has 0 radical (unpaired) electrons. The van der Waals surface area contributed by atoms with Gasteiger partial charge in [0, 0.05) is 36.8 Å². The summed E-state index contributed by atoms with van der Waals surface area (Å²) in [6.07, 6.45) is 0. The molecule has 1 aliphatic rings. The third kappa shape index (κ3) is 4.83. The summed E-state index contributed by atoms with van der Waals surface area (Å²) in [4.78, 5) is 16.3. The lowest BCUT2D eigenvalue weighted by atomic mass is 10.1. The molecule has 1 fully saturated rings. The van der Waals surface area contributed by atoms with E-state index in [4.69, 9.17) is 27.9 Å². The predicted molar refractivity (Wildman–Crippen MR) is 118 cm³/mol. The third-order valence-corrected chi connectivity index (χ3v) is 5.47. The van der Waals surface area contributed by atoms with Gasteiger partial charge in [-0.25, -0.2) is 0 Å². The van der Waals surface area contributed by atoms with E-state index in [0.717, 1.165) is 11.4 Å². The van der Waals surface area contributed by atoms with Crippen molar-refractivity contribution < 1.29 is 9.53 Å². The highest BCUT2D eigenvalue weighted by atomic mass is 35.5. The van der Waals surface area contributed by atoms with E-state index in [2.05, 4.69) is 15.1 Å². The topological polar surface area (TPSA) is 58.6 Å². The van der Waals surface area contributed by atoms with Crippen LogP contribution in [0.1, 0.15) is 0 Å². The highest BCUT2D eigenvalue weighted by Crippen LogP contribution is 2.29. The van der Waals surface area contributed by atoms with Gasteiger partial charge in [-0.15, -0.1) is 10.2 Å². The summed E-state index contributed by atoms with van der Waals surface area (Å²) < 4.78 is 5.56. The zero-order valence-electron chi connectivity index (χ0n) is 16.2. The average Bonchev–Trinajstić information content (AvgIpc) is 2.78. The molecule has 4 rings (SSSR count). The van der Waals surface area contributed by atoms with Crippen LogP contribution >= 0.6 is 23.2 Å². The average molecular weight is 443 g/mol. The van der Waals surface area contributed by atoms with Crippen molar-refractivity contribution in [2.75, 3.05) is 37.7 Å². The molecule has 0 N–H and O–H groups in total. The summed E-state index contributed by atoms with van der Waals surface area (Å²) in [6.45, 7) is 2.65. The number of ether oxygens (including phenoxy) is 1. The Bertz CT molecular complexity index is 1010. The van der Waals surface area contributed by atoms with Gasteiger partial charge in [-0.1, -0.05) is 41.4 Å². The zero-order chi connectivity index (χ0) is 20.9. The van der Waals surface area contributed by atoms with E-state index in [1.54, 1.807) is 12.1 Å². The molecule has 1 amide bonds. The molecule has 30 heavy (non-hydrogen) atoms. The highest BCUT2D eigenvalue weighted by molar-refractivity contribution is 6.36. The van der Waals surface area contributed by atoms with Gasteiger partial charge in [0.25, 0.3) is 5.91 Å². The Morgan fingerprint density at radius 2 is 1.70 bits per heavy atom. The molecule has 2 aromatic carbocycles. The summed E-state index contributed by atoms with van der Waals surface area (Å²) in [5, 5.41) is 9.77. The normalized spacial score (nSPS) is 13.9. The van der Waals surface area contributed by atoms with Crippen LogP contribution in [0.15, 0.2) is 60.7 Å². The maximum atomic E-state index is 12.4. The molecule has 0 saturated carbocycles. The van der Waals surface area contributed by atoms with Crippen LogP contribution in [-0.4, -0.2) is 53.8 Å². The van der Waals surface area contributed by atoms with Gasteiger partial charge in [0.2, 0.25) is 0 Å². The zero-order valence-corrected chi connectivity index (χ0v) is 17.7. The molecule has 1 aromatic heterocycles. The van der Waals surface area contributed by atoms with Gasteiger partial charge in [-0.05, 0) is 42.5 Å². The van der Waals surface area contributed by atoms with Crippen molar-refractivity contribution in [2.45, 2.75) is 0 Å². The van der Waals surface area contributed by atoms with Crippen LogP contribution in [0.4, 0.5) is 5.82 Å². The second-order valence-corrected chi connectivity index (χ2v) is 7.71. The predicted octanol–water partition coefficient (Wildman–Crippen LogP) is 4.18. The van der Waals surface area contributed by atoms with Crippen molar-refractivity contribution in [3.8, 4) is 17.0 Å². The first-order chi connectivity index (χ1) is 14.6. The van der Waals surface area contributed by atoms with Crippen molar-refractivity contribution in [3.63, 3.8) is 0 Å². The first-order valence-electron chi connectivity index (χ1n) is 9.60. The molecule has 1 saturated heterocycles. The third-order valence-electron chi connectivity index (χ3n) is 4.92. The molecular weight excluding hydrogens is 423 g/mol. The van der Waals surface area contributed by atoms with Crippen LogP contribution in [0.5, 0.6) is 5.75 Å². The maximum absolute atomic E-state index is 12.4. The summed E-state index contributed by atoms with van der Waals surface area (Å²) in [5.41, 5.74) is 1.47. The number of carbonyl (C=O) groups excluding carboxylic acids is 1. The number of hydrogen-bond donors (Lipinski definition) is 0. The Morgan fingerprint density at radius 1 is 0.933 bits per heavy atom. The summed E-state index contributed by atoms with van der Waals surface area (Å²) >= 11 is 12.2. The van der Waals surface area contributed by atoms with Crippen molar-refractivity contribution in [3.05, 3.63) is 70.7 Å². The van der Waals surface area contributed by atoms with Crippen molar-refractivity contribution in [1.82, 2.24) is 15.1 Å². The molecule has 154 valence electrons. The van der Waals surface area contributed by atoms with E-state index in [0.29, 0.717) is 47.7 Å². The first kappa shape index (κ1) is 20.4. The number of para-hydroxylation sites is 1. The number of benzene rings is 2. The molecule has 6 nitrogen and oxygen atoms in total. The maximum Gasteiger partial charge on any atom is 0.260 e. The lowest BCUT2D eigenvalue weighted by Crippen LogP contribution is -2.50. The van der Waals surface area contributed by atoms with Crippen LogP contribution in [0.25, 0.3) is 11.3 Å². The Hall–Kier alpha value is -2.83. The summed E-state index contributed by atoms with van der Waals surface area (Å²) in [5.74, 6) is 1.45. The van der Waals surface area contributed by atoms with E-state index in [9.17, 15) is 4.79 Å². The number of hydrogen-bond acceptors (Lipinski definition) is 5. The molecule has 0 atom stereocenters. The molecule has 1 aliphatic heterocycles. The SMILES string of the molecule is O=C(COc1ccccc1)N1CCN(c2ccc(-c3ccc(Cl)cc3Cl)nn2)CC1. The van der Waals surface area contributed by atoms with Gasteiger partial charge in [0.05, 0.1) is 10.7 Å². The Kier molecular flexibility index (Phi) is 6.35. The fraction of sp³-hybridized carbons (Fsp3) is 0.227. The molecule has 0 aliphatic carbocycles. The van der Waals surface area contributed by atoms with Gasteiger partial charge in [0.15, 0.2) is 12.4 Å². The molecule has 8 heteroatoms. The van der Waals surface area contributed by atoms with Crippen LogP contribution in [0, 0.1) is 0 Å². The number of rotatable bonds is 5. The van der Waals surface area contributed by atoms with Gasteiger partial charge >= 0.3 is 0 Å². The van der Waals surface area contributed by atoms with E-state index in [1.165, 1.54) is 0 Å². The standard InChI is InChI=1S/C22H20Cl2N4O2/c23-16-6-7-18(19(24)14-16)20-8-9-21(26-25-20)27-10-12-28(13-11-27)22(29)15-30-17-4-2-1-3-5-17/h1-9,14H,10-13,15H2. The molecular formula is C22H20Cl2N4O2. The Morgan fingerprint density at radius 3 is 2.37 bits per heavy atom. The number of halogens is 2. The number of amides is 1. The molecule has 2 heterocycles. The largest absolute Gasteiger partial charge is 0.484 e.